The minimum absolute atomic E-state index is 0.0776. The van der Waals surface area contributed by atoms with Gasteiger partial charge in [0, 0.05) is 36.9 Å². The van der Waals surface area contributed by atoms with Crippen molar-refractivity contribution in [1.82, 2.24) is 9.78 Å². The van der Waals surface area contributed by atoms with Crippen LogP contribution in [0.25, 0.3) is 10.2 Å². The molecule has 3 aromatic rings. The molecule has 3 rings (SSSR count). The standard InChI is InChI=1S/C18H22N4OS/c1-5-22(6-2)14-9-7-13(8-10-14)19-17(23)16-11-15-12(3)20-21(4)18(15)24-16/h7-11H,5-6H2,1-4H3,(H,19,23). The van der Waals surface area contributed by atoms with Crippen molar-refractivity contribution in [2.45, 2.75) is 20.8 Å². The van der Waals surface area contributed by atoms with Crippen LogP contribution in [0, 0.1) is 6.92 Å². The summed E-state index contributed by atoms with van der Waals surface area (Å²) in [6.07, 6.45) is 0. The molecule has 126 valence electrons. The van der Waals surface area contributed by atoms with Crippen LogP contribution in [0.3, 0.4) is 0 Å². The van der Waals surface area contributed by atoms with Gasteiger partial charge in [-0.25, -0.2) is 0 Å². The molecule has 0 unspecified atom stereocenters. The normalized spacial score (nSPS) is 11.0. The number of aryl methyl sites for hydroxylation is 2. The Hall–Kier alpha value is -2.34. The number of carbonyl (C=O) groups excluding carboxylic acids is 1. The molecule has 24 heavy (non-hydrogen) atoms. The quantitative estimate of drug-likeness (QED) is 0.761. The number of hydrogen-bond acceptors (Lipinski definition) is 4. The van der Waals surface area contributed by atoms with Gasteiger partial charge in [0.1, 0.15) is 4.83 Å². The summed E-state index contributed by atoms with van der Waals surface area (Å²) in [5, 5.41) is 8.39. The molecule has 1 N–H and O–H groups in total. The van der Waals surface area contributed by atoms with E-state index in [1.165, 1.54) is 17.0 Å². The van der Waals surface area contributed by atoms with Gasteiger partial charge in [-0.3, -0.25) is 9.48 Å². The van der Waals surface area contributed by atoms with Crippen molar-refractivity contribution in [2.24, 2.45) is 7.05 Å². The van der Waals surface area contributed by atoms with Crippen molar-refractivity contribution in [3.63, 3.8) is 0 Å². The number of fused-ring (bicyclic) bond motifs is 1. The Morgan fingerprint density at radius 1 is 1.25 bits per heavy atom. The van der Waals surface area contributed by atoms with Crippen molar-refractivity contribution >= 4 is 38.8 Å². The van der Waals surface area contributed by atoms with Crippen LogP contribution in [-0.4, -0.2) is 28.8 Å². The third-order valence-electron chi connectivity index (χ3n) is 4.17. The molecule has 0 aliphatic rings. The monoisotopic (exact) mass is 342 g/mol. The number of carbonyl (C=O) groups is 1. The van der Waals surface area contributed by atoms with Gasteiger partial charge in [-0.2, -0.15) is 5.10 Å². The Morgan fingerprint density at radius 3 is 2.50 bits per heavy atom. The molecule has 0 saturated heterocycles. The molecule has 0 spiro atoms. The lowest BCUT2D eigenvalue weighted by molar-refractivity contribution is 0.103. The van der Waals surface area contributed by atoms with E-state index < -0.39 is 0 Å². The number of amides is 1. The molecule has 0 aliphatic carbocycles. The SMILES string of the molecule is CCN(CC)c1ccc(NC(=O)c2cc3c(C)nn(C)c3s2)cc1. The van der Waals surface area contributed by atoms with Crippen LogP contribution in [0.15, 0.2) is 30.3 Å². The number of anilines is 2. The van der Waals surface area contributed by atoms with E-state index in [2.05, 4.69) is 29.2 Å². The van der Waals surface area contributed by atoms with Crippen LogP contribution >= 0.6 is 11.3 Å². The average molecular weight is 342 g/mol. The topological polar surface area (TPSA) is 50.2 Å². The van der Waals surface area contributed by atoms with Crippen molar-refractivity contribution in [2.75, 3.05) is 23.3 Å². The van der Waals surface area contributed by atoms with Gasteiger partial charge in [0.05, 0.1) is 10.6 Å². The van der Waals surface area contributed by atoms with Crippen molar-refractivity contribution in [1.29, 1.82) is 0 Å². The van der Waals surface area contributed by atoms with Gasteiger partial charge in [-0.15, -0.1) is 11.3 Å². The molecule has 1 aromatic carbocycles. The summed E-state index contributed by atoms with van der Waals surface area (Å²) in [6, 6.07) is 9.91. The second-order valence-electron chi connectivity index (χ2n) is 5.71. The average Bonchev–Trinajstić information content (AvgIpc) is 3.12. The molecule has 2 heterocycles. The van der Waals surface area contributed by atoms with Crippen LogP contribution in [0.1, 0.15) is 29.2 Å². The maximum atomic E-state index is 12.5. The van der Waals surface area contributed by atoms with Gasteiger partial charge in [0.2, 0.25) is 0 Å². The maximum Gasteiger partial charge on any atom is 0.265 e. The number of benzene rings is 1. The van der Waals surface area contributed by atoms with Crippen molar-refractivity contribution in [3.05, 3.63) is 40.9 Å². The van der Waals surface area contributed by atoms with Gasteiger partial charge in [0.25, 0.3) is 5.91 Å². The summed E-state index contributed by atoms with van der Waals surface area (Å²) in [6.45, 7) is 8.17. The summed E-state index contributed by atoms with van der Waals surface area (Å²) < 4.78 is 1.82. The lowest BCUT2D eigenvalue weighted by atomic mass is 10.2. The summed E-state index contributed by atoms with van der Waals surface area (Å²) in [5.74, 6) is -0.0776. The molecule has 0 bridgehead atoms. The Balaban J connectivity index is 1.77. The predicted molar refractivity (Wildman–Crippen MR) is 101 cm³/mol. The molecule has 1 amide bonds. The molecule has 0 saturated carbocycles. The highest BCUT2D eigenvalue weighted by atomic mass is 32.1. The first kappa shape index (κ1) is 16.5. The zero-order valence-corrected chi connectivity index (χ0v) is 15.3. The van der Waals surface area contributed by atoms with E-state index in [4.69, 9.17) is 0 Å². The summed E-state index contributed by atoms with van der Waals surface area (Å²) in [7, 11) is 1.90. The van der Waals surface area contributed by atoms with Crippen molar-refractivity contribution in [3.8, 4) is 0 Å². The zero-order valence-electron chi connectivity index (χ0n) is 14.5. The first-order valence-corrected chi connectivity index (χ1v) is 8.94. The van der Waals surface area contributed by atoms with Crippen LogP contribution in [-0.2, 0) is 7.05 Å². The number of thiophene rings is 1. The van der Waals surface area contributed by atoms with E-state index in [-0.39, 0.29) is 5.91 Å². The van der Waals surface area contributed by atoms with Crippen molar-refractivity contribution < 1.29 is 4.79 Å². The first-order chi connectivity index (χ1) is 11.5. The molecule has 2 aromatic heterocycles. The van der Waals surface area contributed by atoms with E-state index in [0.717, 1.165) is 34.7 Å². The van der Waals surface area contributed by atoms with E-state index >= 15 is 0 Å². The fourth-order valence-corrected chi connectivity index (χ4v) is 3.87. The van der Waals surface area contributed by atoms with Crippen LogP contribution in [0.2, 0.25) is 0 Å². The Bertz CT molecular complexity index is 825. The summed E-state index contributed by atoms with van der Waals surface area (Å²) >= 11 is 1.47. The molecular formula is C18H22N4OS. The van der Waals surface area contributed by atoms with E-state index in [1.54, 1.807) is 0 Å². The largest absolute Gasteiger partial charge is 0.372 e. The van der Waals surface area contributed by atoms with E-state index in [0.29, 0.717) is 4.88 Å². The smallest absolute Gasteiger partial charge is 0.265 e. The van der Waals surface area contributed by atoms with Crippen LogP contribution < -0.4 is 10.2 Å². The number of hydrogen-bond donors (Lipinski definition) is 1. The van der Waals surface area contributed by atoms with Crippen LogP contribution in [0.5, 0.6) is 0 Å². The molecule has 0 atom stereocenters. The van der Waals surface area contributed by atoms with E-state index in [1.807, 2.05) is 49.0 Å². The molecule has 6 heteroatoms. The van der Waals surface area contributed by atoms with E-state index in [9.17, 15) is 4.79 Å². The molecule has 0 radical (unpaired) electrons. The van der Waals surface area contributed by atoms with Gasteiger partial charge >= 0.3 is 0 Å². The first-order valence-electron chi connectivity index (χ1n) is 8.13. The van der Waals surface area contributed by atoms with Gasteiger partial charge in [-0.1, -0.05) is 0 Å². The maximum absolute atomic E-state index is 12.5. The molecule has 0 aliphatic heterocycles. The Labute approximate surface area is 145 Å². The number of aromatic nitrogens is 2. The highest BCUT2D eigenvalue weighted by Gasteiger charge is 2.15. The second kappa shape index (κ2) is 6.65. The lowest BCUT2D eigenvalue weighted by Gasteiger charge is -2.21. The molecular weight excluding hydrogens is 320 g/mol. The predicted octanol–water partition coefficient (Wildman–Crippen LogP) is 4.04. The zero-order chi connectivity index (χ0) is 17.3. The molecule has 0 fully saturated rings. The summed E-state index contributed by atoms with van der Waals surface area (Å²) in [5.41, 5.74) is 2.93. The Morgan fingerprint density at radius 2 is 1.92 bits per heavy atom. The van der Waals surface area contributed by atoms with Gasteiger partial charge in [-0.05, 0) is 51.1 Å². The highest BCUT2D eigenvalue weighted by Crippen LogP contribution is 2.28. The number of rotatable bonds is 5. The number of nitrogens with one attached hydrogen (secondary N) is 1. The van der Waals surface area contributed by atoms with Crippen LogP contribution in [0.4, 0.5) is 11.4 Å². The third-order valence-corrected chi connectivity index (χ3v) is 5.37. The minimum Gasteiger partial charge on any atom is -0.372 e. The fraction of sp³-hybridized carbons (Fsp3) is 0.333. The lowest BCUT2D eigenvalue weighted by Crippen LogP contribution is -2.21. The molecule has 5 nitrogen and oxygen atoms in total. The number of nitrogens with zero attached hydrogens (tertiary/aromatic N) is 3. The fourth-order valence-electron chi connectivity index (χ4n) is 2.85. The third kappa shape index (κ3) is 3.01. The van der Waals surface area contributed by atoms with Gasteiger partial charge < -0.3 is 10.2 Å². The van der Waals surface area contributed by atoms with Gasteiger partial charge in [0.15, 0.2) is 0 Å². The second-order valence-corrected chi connectivity index (χ2v) is 6.74. The minimum atomic E-state index is -0.0776. The summed E-state index contributed by atoms with van der Waals surface area (Å²) in [4.78, 5) is 16.5. The highest BCUT2D eigenvalue weighted by molar-refractivity contribution is 7.20. The Kier molecular flexibility index (Phi) is 4.57.